The summed E-state index contributed by atoms with van der Waals surface area (Å²) in [6.45, 7) is 6.24. The van der Waals surface area contributed by atoms with Crippen molar-refractivity contribution in [3.63, 3.8) is 0 Å². The summed E-state index contributed by atoms with van der Waals surface area (Å²) in [5.74, 6) is 0.951. The van der Waals surface area contributed by atoms with Crippen LogP contribution >= 0.6 is 23.2 Å². The molecule has 288 valence electrons. The van der Waals surface area contributed by atoms with E-state index in [4.69, 9.17) is 33.2 Å². The van der Waals surface area contributed by atoms with Gasteiger partial charge < -0.3 is 5.32 Å². The normalized spacial score (nSPS) is 19.9. The first-order chi connectivity index (χ1) is 25.9. The molecule has 2 atom stereocenters. The summed E-state index contributed by atoms with van der Waals surface area (Å²) < 4.78 is 25.4. The third-order valence-electron chi connectivity index (χ3n) is 11.3. The second kappa shape index (κ2) is 17.0. The van der Waals surface area contributed by atoms with E-state index in [0.717, 1.165) is 83.6 Å². The molecule has 2 saturated heterocycles. The van der Waals surface area contributed by atoms with E-state index in [2.05, 4.69) is 11.4 Å². The maximum atomic E-state index is 12.4. The van der Waals surface area contributed by atoms with Crippen LogP contribution in [0.2, 0.25) is 10.0 Å². The first-order valence-electron chi connectivity index (χ1n) is 18.5. The van der Waals surface area contributed by atoms with Crippen molar-refractivity contribution in [1.29, 1.82) is 0 Å². The van der Waals surface area contributed by atoms with Crippen molar-refractivity contribution in [2.75, 3.05) is 32.4 Å². The van der Waals surface area contributed by atoms with Gasteiger partial charge in [-0.05, 0) is 135 Å². The number of carbonyl (C=O) groups excluding carboxylic acids is 2. The molecule has 0 radical (unpaired) electrons. The number of allylic oxidation sites excluding steroid dienone is 2. The number of hydrogen-bond acceptors (Lipinski definition) is 7. The summed E-state index contributed by atoms with van der Waals surface area (Å²) in [6, 6.07) is 19.5. The van der Waals surface area contributed by atoms with E-state index in [1.165, 1.54) is 11.8 Å². The Morgan fingerprint density at radius 2 is 1.15 bits per heavy atom. The zero-order valence-corrected chi connectivity index (χ0v) is 33.0. The van der Waals surface area contributed by atoms with Crippen molar-refractivity contribution in [2.24, 2.45) is 11.8 Å². The lowest BCUT2D eigenvalue weighted by atomic mass is 9.76. The summed E-state index contributed by atoms with van der Waals surface area (Å²) in [4.78, 5) is 34.2. The fourth-order valence-electron chi connectivity index (χ4n) is 8.71. The van der Waals surface area contributed by atoms with Gasteiger partial charge in [-0.2, -0.15) is 0 Å². The number of halogens is 2. The Labute approximate surface area is 335 Å². The minimum absolute atomic E-state index is 0. The molecule has 11 heteroatoms. The van der Waals surface area contributed by atoms with Crippen LogP contribution in [0.5, 0.6) is 0 Å². The summed E-state index contributed by atoms with van der Waals surface area (Å²) in [5.41, 5.74) is 9.36. The van der Waals surface area contributed by atoms with Crippen molar-refractivity contribution in [2.45, 2.75) is 58.8 Å². The van der Waals surface area contributed by atoms with Gasteiger partial charge in [-0.3, -0.25) is 19.6 Å². The molecule has 8 nitrogen and oxygen atoms in total. The van der Waals surface area contributed by atoms with E-state index in [1.54, 1.807) is 24.3 Å². The van der Waals surface area contributed by atoms with Crippen molar-refractivity contribution in [3.8, 4) is 0 Å². The molecule has 4 aromatic rings. The number of piperidine rings is 2. The first-order valence-corrected chi connectivity index (χ1v) is 21.1. The predicted molar refractivity (Wildman–Crippen MR) is 224 cm³/mol. The number of benzene rings is 2. The van der Waals surface area contributed by atoms with Crippen molar-refractivity contribution >= 4 is 68.1 Å². The number of rotatable bonds is 5. The van der Waals surface area contributed by atoms with E-state index in [1.807, 2.05) is 72.9 Å². The Morgan fingerprint density at radius 1 is 0.709 bits per heavy atom. The van der Waals surface area contributed by atoms with Gasteiger partial charge in [0.25, 0.3) is 0 Å². The van der Waals surface area contributed by atoms with E-state index in [0.29, 0.717) is 34.6 Å². The smallest absolute Gasteiger partial charge is 0.211 e. The molecule has 2 aromatic carbocycles. The number of sulfonamides is 1. The quantitative estimate of drug-likeness (QED) is 0.215. The molecule has 55 heavy (non-hydrogen) atoms. The Bertz CT molecular complexity index is 2270. The number of nitrogens with one attached hydrogen (secondary N) is 1. The third kappa shape index (κ3) is 8.57. The van der Waals surface area contributed by atoms with Gasteiger partial charge in [-0.1, -0.05) is 54.9 Å². The number of hydrogen-bond donors (Lipinski definition) is 1. The van der Waals surface area contributed by atoms with Crippen LogP contribution in [-0.2, 0) is 19.6 Å². The SMILES string of the molecule is C.CC(=O)C1=Cc2cc(Cl)ccc2C(C2CCN(S(C)(=O)=O)CC2)c2ncccc21.CC(=O)C1=Cc2cc(Cl)ccc2C(C2CCNCC2)c2ncccc21. The highest BCUT2D eigenvalue weighted by Gasteiger charge is 2.37. The Kier molecular flexibility index (Phi) is 12.6. The van der Waals surface area contributed by atoms with Gasteiger partial charge in [0.1, 0.15) is 0 Å². The molecule has 0 amide bonds. The highest BCUT2D eigenvalue weighted by molar-refractivity contribution is 7.88. The van der Waals surface area contributed by atoms with Crippen LogP contribution in [-0.4, -0.2) is 66.7 Å². The molecule has 1 N–H and O–H groups in total. The first kappa shape index (κ1) is 40.7. The maximum absolute atomic E-state index is 12.4. The summed E-state index contributed by atoms with van der Waals surface area (Å²) in [7, 11) is -3.19. The summed E-state index contributed by atoms with van der Waals surface area (Å²) in [6.07, 6.45) is 12.5. The molecule has 2 aliphatic heterocycles. The van der Waals surface area contributed by atoms with Gasteiger partial charge in [0, 0.05) is 69.6 Å². The Hall–Kier alpha value is -3.99. The number of aromatic nitrogens is 2. The highest BCUT2D eigenvalue weighted by atomic mass is 35.5. The van der Waals surface area contributed by atoms with E-state index >= 15 is 0 Å². The van der Waals surface area contributed by atoms with Crippen LogP contribution in [0.4, 0.5) is 0 Å². The maximum Gasteiger partial charge on any atom is 0.211 e. The topological polar surface area (TPSA) is 109 Å². The van der Waals surface area contributed by atoms with Crippen LogP contribution in [0, 0.1) is 11.8 Å². The number of fused-ring (bicyclic) bond motifs is 4. The van der Waals surface area contributed by atoms with Crippen LogP contribution < -0.4 is 5.32 Å². The molecule has 2 fully saturated rings. The van der Waals surface area contributed by atoms with E-state index in [-0.39, 0.29) is 36.7 Å². The van der Waals surface area contributed by atoms with Crippen LogP contribution in [0.3, 0.4) is 0 Å². The number of nitrogens with zero attached hydrogens (tertiary/aromatic N) is 3. The van der Waals surface area contributed by atoms with Crippen LogP contribution in [0.25, 0.3) is 23.3 Å². The average Bonchev–Trinajstić information content (AvgIpc) is 3.39. The number of ketones is 2. The fourth-order valence-corrected chi connectivity index (χ4v) is 9.95. The van der Waals surface area contributed by atoms with Crippen LogP contribution in [0.15, 0.2) is 73.1 Å². The second-order valence-corrected chi connectivity index (χ2v) is 17.5. The zero-order valence-electron chi connectivity index (χ0n) is 30.7. The number of Topliss-reactive ketones (excluding diaryl/α,β-unsaturated/α-hetero) is 2. The Morgan fingerprint density at radius 3 is 1.56 bits per heavy atom. The largest absolute Gasteiger partial charge is 0.317 e. The molecular weight excluding hydrogens is 751 g/mol. The molecule has 0 bridgehead atoms. The van der Waals surface area contributed by atoms with E-state index in [9.17, 15) is 18.0 Å². The number of pyridine rings is 2. The molecule has 0 spiro atoms. The molecular formula is C44H48Cl2N4O4S. The number of carbonyl (C=O) groups is 2. The predicted octanol–water partition coefficient (Wildman–Crippen LogP) is 8.93. The van der Waals surface area contributed by atoms with Gasteiger partial charge in [0.05, 0.1) is 17.6 Å². The molecule has 0 saturated carbocycles. The van der Waals surface area contributed by atoms with Gasteiger partial charge in [-0.25, -0.2) is 12.7 Å². The van der Waals surface area contributed by atoms with Gasteiger partial charge >= 0.3 is 0 Å². The molecule has 2 aliphatic carbocycles. The molecule has 8 rings (SSSR count). The van der Waals surface area contributed by atoms with Crippen molar-refractivity contribution < 1.29 is 18.0 Å². The Balaban J connectivity index is 0.000000185. The zero-order chi connectivity index (χ0) is 38.1. The average molecular weight is 800 g/mol. The molecule has 2 unspecified atom stereocenters. The van der Waals surface area contributed by atoms with E-state index < -0.39 is 10.0 Å². The van der Waals surface area contributed by atoms with Crippen molar-refractivity contribution in [3.05, 3.63) is 128 Å². The monoisotopic (exact) mass is 798 g/mol. The minimum atomic E-state index is -3.19. The standard InChI is InChI=1S/C22H23ClN2O3S.C21H21ClN2O.CH4/c1-14(26)20-13-16-12-17(23)5-6-18(16)21(22-19(20)4-3-9-24-22)15-7-10-25(11-8-15)29(2,27)28;1-13(25)19-12-15-11-16(22)4-5-17(15)20(14-6-9-23-10-7-14)21-18(19)3-2-8-24-21;/h3-6,9,12-13,15,21H,7-8,10-11H2,1-2H3;2-5,8,11-12,14,20,23H,6-7,9-10H2,1H3;1H4. The molecule has 4 aliphatic rings. The lowest BCUT2D eigenvalue weighted by Crippen LogP contribution is -2.39. The lowest BCUT2D eigenvalue weighted by molar-refractivity contribution is -0.112. The summed E-state index contributed by atoms with van der Waals surface area (Å²) >= 11 is 12.5. The highest BCUT2D eigenvalue weighted by Crippen LogP contribution is 2.46. The third-order valence-corrected chi connectivity index (χ3v) is 13.0. The molecule has 2 aromatic heterocycles. The lowest BCUT2D eigenvalue weighted by Gasteiger charge is -2.35. The molecule has 4 heterocycles. The van der Waals surface area contributed by atoms with Gasteiger partial charge in [0.2, 0.25) is 10.0 Å². The van der Waals surface area contributed by atoms with Crippen LogP contribution in [0.1, 0.15) is 104 Å². The minimum Gasteiger partial charge on any atom is -0.317 e. The van der Waals surface area contributed by atoms with Gasteiger partial charge in [0.15, 0.2) is 11.6 Å². The van der Waals surface area contributed by atoms with Crippen molar-refractivity contribution in [1.82, 2.24) is 19.6 Å². The second-order valence-electron chi connectivity index (χ2n) is 14.7. The summed E-state index contributed by atoms with van der Waals surface area (Å²) in [5, 5.41) is 4.76. The fraction of sp³-hybridized carbons (Fsp3) is 0.364. The van der Waals surface area contributed by atoms with Gasteiger partial charge in [-0.15, -0.1) is 0 Å².